The third-order valence-corrected chi connectivity index (χ3v) is 3.76. The summed E-state index contributed by atoms with van der Waals surface area (Å²) in [7, 11) is 1.82. The van der Waals surface area contributed by atoms with E-state index in [0.29, 0.717) is 22.8 Å². The number of carbonyl (C=O) groups excluding carboxylic acids is 1. The fraction of sp³-hybridized carbons (Fsp3) is 0.176. The largest absolute Gasteiger partial charge is 0.454 e. The molecule has 1 aliphatic heterocycles. The van der Waals surface area contributed by atoms with E-state index >= 15 is 0 Å². The molecular formula is C17H14N2O3. The van der Waals surface area contributed by atoms with Crippen LogP contribution in [0.1, 0.15) is 27.3 Å². The number of allylic oxidation sites excluding steroid dienone is 1. The van der Waals surface area contributed by atoms with Crippen LogP contribution in [0.15, 0.2) is 30.3 Å². The lowest BCUT2D eigenvalue weighted by atomic mass is 10.1. The van der Waals surface area contributed by atoms with Gasteiger partial charge in [-0.3, -0.25) is 4.79 Å². The number of benzene rings is 1. The molecule has 0 saturated carbocycles. The van der Waals surface area contributed by atoms with Crippen LogP contribution in [0.5, 0.6) is 11.5 Å². The van der Waals surface area contributed by atoms with E-state index in [1.54, 1.807) is 34.9 Å². The average molecular weight is 294 g/mol. The van der Waals surface area contributed by atoms with E-state index in [9.17, 15) is 4.79 Å². The van der Waals surface area contributed by atoms with Gasteiger partial charge in [0, 0.05) is 18.3 Å². The number of carbonyl (C=O) groups is 1. The normalized spacial score (nSPS) is 12.6. The van der Waals surface area contributed by atoms with Crippen molar-refractivity contribution in [3.05, 3.63) is 52.9 Å². The SMILES string of the molecule is Cc1c(/C=C/C(=O)c2ccc3c(c2)OCO3)cc(C#N)n1C. The van der Waals surface area contributed by atoms with E-state index in [1.807, 2.05) is 14.0 Å². The highest BCUT2D eigenvalue weighted by molar-refractivity contribution is 6.07. The molecule has 0 radical (unpaired) electrons. The van der Waals surface area contributed by atoms with Gasteiger partial charge in [-0.25, -0.2) is 0 Å². The van der Waals surface area contributed by atoms with Crippen molar-refractivity contribution in [2.24, 2.45) is 7.05 Å². The Balaban J connectivity index is 1.84. The molecule has 2 aromatic rings. The molecule has 0 N–H and O–H groups in total. The van der Waals surface area contributed by atoms with Crippen molar-refractivity contribution >= 4 is 11.9 Å². The zero-order valence-corrected chi connectivity index (χ0v) is 12.3. The molecule has 22 heavy (non-hydrogen) atoms. The molecule has 5 heteroatoms. The van der Waals surface area contributed by atoms with Crippen LogP contribution < -0.4 is 9.47 Å². The minimum atomic E-state index is -0.125. The second kappa shape index (κ2) is 5.41. The Hall–Kier alpha value is -3.00. The van der Waals surface area contributed by atoms with Crippen molar-refractivity contribution < 1.29 is 14.3 Å². The summed E-state index contributed by atoms with van der Waals surface area (Å²) >= 11 is 0. The second-order valence-corrected chi connectivity index (χ2v) is 5.01. The maximum Gasteiger partial charge on any atom is 0.231 e. The standard InChI is InChI=1S/C17H14N2O3/c1-11-12(7-14(9-18)19(11)2)3-5-15(20)13-4-6-16-17(8-13)22-10-21-16/h3-8H,10H2,1-2H3/b5-3+. The minimum Gasteiger partial charge on any atom is -0.454 e. The quantitative estimate of drug-likeness (QED) is 0.645. The summed E-state index contributed by atoms with van der Waals surface area (Å²) in [6, 6.07) is 8.99. The highest BCUT2D eigenvalue weighted by Crippen LogP contribution is 2.32. The monoisotopic (exact) mass is 294 g/mol. The van der Waals surface area contributed by atoms with Crippen LogP contribution in [0.2, 0.25) is 0 Å². The second-order valence-electron chi connectivity index (χ2n) is 5.01. The Morgan fingerprint density at radius 2 is 2.09 bits per heavy atom. The Morgan fingerprint density at radius 1 is 1.32 bits per heavy atom. The Kier molecular flexibility index (Phi) is 3.43. The fourth-order valence-electron chi connectivity index (χ4n) is 2.31. The number of aromatic nitrogens is 1. The number of ether oxygens (including phenoxy) is 2. The van der Waals surface area contributed by atoms with E-state index in [2.05, 4.69) is 6.07 Å². The van der Waals surface area contributed by atoms with E-state index in [4.69, 9.17) is 14.7 Å². The predicted molar refractivity (Wildman–Crippen MR) is 80.8 cm³/mol. The molecule has 0 amide bonds. The molecule has 3 rings (SSSR count). The molecule has 1 aromatic heterocycles. The van der Waals surface area contributed by atoms with Gasteiger partial charge < -0.3 is 14.0 Å². The molecular weight excluding hydrogens is 280 g/mol. The van der Waals surface area contributed by atoms with E-state index in [-0.39, 0.29) is 12.6 Å². The van der Waals surface area contributed by atoms with E-state index in [0.717, 1.165) is 11.3 Å². The molecule has 0 aliphatic carbocycles. The van der Waals surface area contributed by atoms with Gasteiger partial charge in [0.05, 0.1) is 0 Å². The van der Waals surface area contributed by atoms with Gasteiger partial charge in [0.1, 0.15) is 11.8 Å². The van der Waals surface area contributed by atoms with Gasteiger partial charge >= 0.3 is 0 Å². The van der Waals surface area contributed by atoms with Gasteiger partial charge in [0.15, 0.2) is 17.3 Å². The van der Waals surface area contributed by atoms with Gasteiger partial charge in [0.2, 0.25) is 6.79 Å². The summed E-state index contributed by atoms with van der Waals surface area (Å²) in [6.45, 7) is 2.09. The summed E-state index contributed by atoms with van der Waals surface area (Å²) in [4.78, 5) is 12.2. The van der Waals surface area contributed by atoms with Crippen LogP contribution in [0.25, 0.3) is 6.08 Å². The number of nitrogens with zero attached hydrogens (tertiary/aromatic N) is 2. The summed E-state index contributed by atoms with van der Waals surface area (Å²) in [6.07, 6.45) is 3.23. The van der Waals surface area contributed by atoms with Crippen LogP contribution in [0, 0.1) is 18.3 Å². The lowest BCUT2D eigenvalue weighted by Gasteiger charge is -1.99. The van der Waals surface area contributed by atoms with Crippen molar-refractivity contribution in [2.45, 2.75) is 6.92 Å². The van der Waals surface area contributed by atoms with Crippen molar-refractivity contribution in [3.63, 3.8) is 0 Å². The van der Waals surface area contributed by atoms with Gasteiger partial charge in [-0.15, -0.1) is 0 Å². The maximum absolute atomic E-state index is 12.2. The van der Waals surface area contributed by atoms with Crippen LogP contribution >= 0.6 is 0 Å². The molecule has 5 nitrogen and oxygen atoms in total. The first-order valence-corrected chi connectivity index (χ1v) is 6.78. The van der Waals surface area contributed by atoms with Crippen LogP contribution in [-0.4, -0.2) is 17.1 Å². The molecule has 0 unspecified atom stereocenters. The number of nitriles is 1. The lowest BCUT2D eigenvalue weighted by Crippen LogP contribution is -1.95. The minimum absolute atomic E-state index is 0.125. The Bertz CT molecular complexity index is 825. The molecule has 0 saturated heterocycles. The van der Waals surface area contributed by atoms with Crippen LogP contribution in [-0.2, 0) is 7.05 Å². The molecule has 0 fully saturated rings. The molecule has 1 aliphatic rings. The number of ketones is 1. The van der Waals surface area contributed by atoms with Gasteiger partial charge in [-0.1, -0.05) is 0 Å². The first-order chi connectivity index (χ1) is 10.6. The van der Waals surface area contributed by atoms with E-state index in [1.165, 1.54) is 6.08 Å². The van der Waals surface area contributed by atoms with Gasteiger partial charge in [-0.05, 0) is 48.9 Å². The van der Waals surface area contributed by atoms with Crippen LogP contribution in [0.3, 0.4) is 0 Å². The smallest absolute Gasteiger partial charge is 0.231 e. The molecule has 110 valence electrons. The molecule has 0 bridgehead atoms. The third kappa shape index (κ3) is 2.35. The molecule has 1 aromatic carbocycles. The summed E-state index contributed by atoms with van der Waals surface area (Å²) in [5.74, 6) is 1.11. The van der Waals surface area contributed by atoms with Crippen molar-refractivity contribution in [3.8, 4) is 17.6 Å². The summed E-state index contributed by atoms with van der Waals surface area (Å²) < 4.78 is 12.3. The van der Waals surface area contributed by atoms with Crippen molar-refractivity contribution in [2.75, 3.05) is 6.79 Å². The summed E-state index contributed by atoms with van der Waals surface area (Å²) in [5, 5.41) is 9.01. The zero-order chi connectivity index (χ0) is 15.7. The third-order valence-electron chi connectivity index (χ3n) is 3.76. The Morgan fingerprint density at radius 3 is 2.82 bits per heavy atom. The molecule has 0 atom stereocenters. The maximum atomic E-state index is 12.2. The number of hydrogen-bond acceptors (Lipinski definition) is 4. The topological polar surface area (TPSA) is 64.2 Å². The Labute approximate surface area is 128 Å². The van der Waals surface area contributed by atoms with Gasteiger partial charge in [0.25, 0.3) is 0 Å². The van der Waals surface area contributed by atoms with Crippen molar-refractivity contribution in [1.82, 2.24) is 4.57 Å². The molecule has 2 heterocycles. The lowest BCUT2D eigenvalue weighted by molar-refractivity contribution is 0.104. The first kappa shape index (κ1) is 14.0. The highest BCUT2D eigenvalue weighted by Gasteiger charge is 2.15. The predicted octanol–water partition coefficient (Wildman–Crippen LogP) is 2.83. The highest BCUT2D eigenvalue weighted by atomic mass is 16.7. The zero-order valence-electron chi connectivity index (χ0n) is 12.3. The first-order valence-electron chi connectivity index (χ1n) is 6.78. The van der Waals surface area contributed by atoms with Gasteiger partial charge in [-0.2, -0.15) is 5.26 Å². The average Bonchev–Trinajstić information content (AvgIpc) is 3.10. The van der Waals surface area contributed by atoms with Crippen molar-refractivity contribution in [1.29, 1.82) is 5.26 Å². The van der Waals surface area contributed by atoms with E-state index < -0.39 is 0 Å². The number of fused-ring (bicyclic) bond motifs is 1. The molecule has 0 spiro atoms. The number of rotatable bonds is 3. The van der Waals surface area contributed by atoms with Crippen LogP contribution in [0.4, 0.5) is 0 Å². The summed E-state index contributed by atoms with van der Waals surface area (Å²) in [5.41, 5.74) is 2.89. The number of hydrogen-bond donors (Lipinski definition) is 0. The fourth-order valence-corrected chi connectivity index (χ4v) is 2.31.